The van der Waals surface area contributed by atoms with Crippen LogP contribution < -0.4 is 0 Å². The van der Waals surface area contributed by atoms with Crippen molar-refractivity contribution in [3.63, 3.8) is 0 Å². The van der Waals surface area contributed by atoms with E-state index in [4.69, 9.17) is 14.2 Å². The monoisotopic (exact) mass is 321 g/mol. The van der Waals surface area contributed by atoms with Crippen LogP contribution in [0.25, 0.3) is 0 Å². The lowest BCUT2D eigenvalue weighted by atomic mass is 9.90. The van der Waals surface area contributed by atoms with Crippen molar-refractivity contribution in [2.45, 2.75) is 45.4 Å². The minimum Gasteiger partial charge on any atom is -0.459 e. The van der Waals surface area contributed by atoms with Gasteiger partial charge in [-0.05, 0) is 51.0 Å². The number of esters is 1. The van der Waals surface area contributed by atoms with Gasteiger partial charge in [0, 0.05) is 20.3 Å². The molecule has 0 bridgehead atoms. The number of hydrogen-bond donors (Lipinski definition) is 0. The fraction of sp³-hybridized carbons (Fsp3) is 0.667. The second-order valence-electron chi connectivity index (χ2n) is 5.45. The molecule has 0 N–H and O–H groups in total. The van der Waals surface area contributed by atoms with E-state index in [0.717, 1.165) is 50.7 Å². The summed E-state index contributed by atoms with van der Waals surface area (Å²) in [7, 11) is 1.71. The van der Waals surface area contributed by atoms with Gasteiger partial charge in [-0.2, -0.15) is 5.26 Å². The Bertz CT molecular complexity index is 474. The minimum atomic E-state index is -0.543. The topological polar surface area (TPSA) is 68.5 Å². The third-order valence-electron chi connectivity index (χ3n) is 3.72. The zero-order chi connectivity index (χ0) is 16.9. The summed E-state index contributed by atoms with van der Waals surface area (Å²) in [5.41, 5.74) is 2.25. The van der Waals surface area contributed by atoms with Crippen LogP contribution in [-0.4, -0.2) is 39.5 Å². The van der Waals surface area contributed by atoms with Crippen LogP contribution in [0.3, 0.4) is 0 Å². The number of methoxy groups -OCH3 is 1. The lowest BCUT2D eigenvalue weighted by molar-refractivity contribution is -0.140. The lowest BCUT2D eigenvalue weighted by Gasteiger charge is -2.16. The molecule has 0 spiro atoms. The fourth-order valence-electron chi connectivity index (χ4n) is 2.55. The quantitative estimate of drug-likeness (QED) is 0.267. The number of carbonyl (C=O) groups excluding carboxylic acids is 1. The van der Waals surface area contributed by atoms with E-state index in [9.17, 15) is 10.1 Å². The third kappa shape index (κ3) is 7.45. The minimum absolute atomic E-state index is 0.135. The van der Waals surface area contributed by atoms with Gasteiger partial charge in [-0.1, -0.05) is 11.6 Å². The van der Waals surface area contributed by atoms with Gasteiger partial charge < -0.3 is 14.2 Å². The maximum atomic E-state index is 12.0. The molecule has 0 aromatic heterocycles. The second kappa shape index (κ2) is 11.9. The molecule has 0 aromatic carbocycles. The maximum absolute atomic E-state index is 12.0. The van der Waals surface area contributed by atoms with Crippen molar-refractivity contribution in [1.29, 1.82) is 5.26 Å². The van der Waals surface area contributed by atoms with Crippen molar-refractivity contribution < 1.29 is 19.0 Å². The van der Waals surface area contributed by atoms with Crippen LogP contribution in [0.4, 0.5) is 0 Å². The molecule has 0 radical (unpaired) electrons. The predicted octanol–water partition coefficient (Wildman–Crippen LogP) is 3.31. The first-order valence-electron chi connectivity index (χ1n) is 8.29. The average molecular weight is 321 g/mol. The molecule has 0 amide bonds. The highest BCUT2D eigenvalue weighted by Gasteiger charge is 2.18. The molecule has 0 aliphatic heterocycles. The molecule has 5 nitrogen and oxygen atoms in total. The van der Waals surface area contributed by atoms with E-state index >= 15 is 0 Å². The van der Waals surface area contributed by atoms with Gasteiger partial charge in [0.1, 0.15) is 18.2 Å². The van der Waals surface area contributed by atoms with Gasteiger partial charge in [0.2, 0.25) is 0 Å². The summed E-state index contributed by atoms with van der Waals surface area (Å²) < 4.78 is 15.3. The Morgan fingerprint density at radius 2 is 2.09 bits per heavy atom. The van der Waals surface area contributed by atoms with E-state index in [-0.39, 0.29) is 12.2 Å². The van der Waals surface area contributed by atoms with Gasteiger partial charge in [0.15, 0.2) is 0 Å². The summed E-state index contributed by atoms with van der Waals surface area (Å²) in [6.45, 7) is 3.77. The van der Waals surface area contributed by atoms with Crippen molar-refractivity contribution in [3.8, 4) is 6.07 Å². The van der Waals surface area contributed by atoms with Gasteiger partial charge >= 0.3 is 5.97 Å². The lowest BCUT2D eigenvalue weighted by Crippen LogP contribution is -2.14. The summed E-state index contributed by atoms with van der Waals surface area (Å²) in [6.07, 6.45) is 7.86. The van der Waals surface area contributed by atoms with Gasteiger partial charge in [0.05, 0.1) is 6.61 Å². The van der Waals surface area contributed by atoms with Gasteiger partial charge in [-0.15, -0.1) is 0 Å². The standard InChI is InChI=1S/C18H27NO4/c1-3-22-11-12-23-18(20)17(14-19)16-9-6-8-15(13-16)7-4-5-10-21-2/h13H,3-12H2,1-2H3/b17-16+. The molecule has 0 atom stereocenters. The van der Waals surface area contributed by atoms with Gasteiger partial charge in [0.25, 0.3) is 0 Å². The maximum Gasteiger partial charge on any atom is 0.349 e. The van der Waals surface area contributed by atoms with E-state index in [1.54, 1.807) is 7.11 Å². The number of nitrogens with zero attached hydrogens (tertiary/aromatic N) is 1. The molecule has 5 heteroatoms. The van der Waals surface area contributed by atoms with E-state index < -0.39 is 5.97 Å². The summed E-state index contributed by atoms with van der Waals surface area (Å²) in [5, 5.41) is 9.30. The zero-order valence-electron chi connectivity index (χ0n) is 14.2. The Morgan fingerprint density at radius 1 is 1.26 bits per heavy atom. The number of hydrogen-bond acceptors (Lipinski definition) is 5. The van der Waals surface area contributed by atoms with Crippen LogP contribution in [0.15, 0.2) is 22.8 Å². The van der Waals surface area contributed by atoms with Crippen molar-refractivity contribution in [2.24, 2.45) is 0 Å². The van der Waals surface area contributed by atoms with Crippen LogP contribution >= 0.6 is 0 Å². The fourth-order valence-corrected chi connectivity index (χ4v) is 2.55. The van der Waals surface area contributed by atoms with Crippen LogP contribution in [0, 0.1) is 11.3 Å². The summed E-state index contributed by atoms with van der Waals surface area (Å²) in [6, 6.07) is 2.01. The van der Waals surface area contributed by atoms with Gasteiger partial charge in [-0.25, -0.2) is 4.79 Å². The van der Waals surface area contributed by atoms with Crippen LogP contribution in [0.2, 0.25) is 0 Å². The molecule has 0 unspecified atom stereocenters. The molecule has 0 saturated carbocycles. The number of unbranched alkanes of at least 4 members (excludes halogenated alkanes) is 1. The first-order valence-corrected chi connectivity index (χ1v) is 8.29. The highest BCUT2D eigenvalue weighted by Crippen LogP contribution is 2.28. The Morgan fingerprint density at radius 3 is 2.78 bits per heavy atom. The normalized spacial score (nSPS) is 16.5. The summed E-state index contributed by atoms with van der Waals surface area (Å²) in [4.78, 5) is 12.0. The molecule has 1 aliphatic carbocycles. The molecular formula is C18H27NO4. The van der Waals surface area contributed by atoms with Crippen molar-refractivity contribution in [1.82, 2.24) is 0 Å². The highest BCUT2D eigenvalue weighted by atomic mass is 16.6. The van der Waals surface area contributed by atoms with Crippen molar-refractivity contribution in [2.75, 3.05) is 33.5 Å². The molecular weight excluding hydrogens is 294 g/mol. The molecule has 1 rings (SSSR count). The summed E-state index contributed by atoms with van der Waals surface area (Å²) >= 11 is 0. The van der Waals surface area contributed by atoms with Crippen LogP contribution in [-0.2, 0) is 19.0 Å². The number of rotatable bonds is 10. The van der Waals surface area contributed by atoms with Crippen molar-refractivity contribution in [3.05, 3.63) is 22.8 Å². The van der Waals surface area contributed by atoms with Gasteiger partial charge in [-0.3, -0.25) is 0 Å². The molecule has 0 fully saturated rings. The molecule has 1 aliphatic rings. The smallest absolute Gasteiger partial charge is 0.349 e. The zero-order valence-corrected chi connectivity index (χ0v) is 14.2. The number of ether oxygens (including phenoxy) is 3. The Labute approximate surface area is 138 Å². The Kier molecular flexibility index (Phi) is 10.0. The molecule has 0 heterocycles. The highest BCUT2D eigenvalue weighted by molar-refractivity contribution is 5.94. The molecule has 128 valence electrons. The van der Waals surface area contributed by atoms with Crippen molar-refractivity contribution >= 4 is 5.97 Å². The Hall–Kier alpha value is -1.64. The first-order chi connectivity index (χ1) is 11.2. The average Bonchev–Trinajstić information content (AvgIpc) is 2.57. The number of nitriles is 1. The first kappa shape index (κ1) is 19.4. The van der Waals surface area contributed by atoms with E-state index in [1.807, 2.05) is 19.1 Å². The Balaban J connectivity index is 2.63. The number of carbonyl (C=O) groups is 1. The van der Waals surface area contributed by atoms with Crippen LogP contribution in [0.5, 0.6) is 0 Å². The number of allylic oxidation sites excluding steroid dienone is 3. The van der Waals surface area contributed by atoms with E-state index in [1.165, 1.54) is 5.57 Å². The van der Waals surface area contributed by atoms with E-state index in [0.29, 0.717) is 13.2 Å². The molecule has 0 aromatic rings. The van der Waals surface area contributed by atoms with E-state index in [2.05, 4.69) is 0 Å². The third-order valence-corrected chi connectivity index (χ3v) is 3.72. The molecule has 0 saturated heterocycles. The SMILES string of the molecule is CCOCCOC(=O)/C(C#N)=C1/C=C(CCCCOC)CCC1. The predicted molar refractivity (Wildman–Crippen MR) is 87.8 cm³/mol. The van der Waals surface area contributed by atoms with Crippen LogP contribution in [0.1, 0.15) is 45.4 Å². The molecule has 23 heavy (non-hydrogen) atoms. The second-order valence-corrected chi connectivity index (χ2v) is 5.45. The summed E-state index contributed by atoms with van der Waals surface area (Å²) in [5.74, 6) is -0.543. The largest absolute Gasteiger partial charge is 0.459 e.